The van der Waals surface area contributed by atoms with Crippen LogP contribution >= 0.6 is 11.8 Å². The molecule has 0 saturated carbocycles. The summed E-state index contributed by atoms with van der Waals surface area (Å²) in [5, 5.41) is 2.95. The van der Waals surface area contributed by atoms with Gasteiger partial charge in [0.25, 0.3) is 5.91 Å². The van der Waals surface area contributed by atoms with E-state index < -0.39 is 0 Å². The van der Waals surface area contributed by atoms with Crippen molar-refractivity contribution in [3.8, 4) is 0 Å². The van der Waals surface area contributed by atoms with Gasteiger partial charge < -0.3 is 10.2 Å². The highest BCUT2D eigenvalue weighted by Crippen LogP contribution is 2.21. The molecule has 1 N–H and O–H groups in total. The molecular formula is C17H19N3OS. The number of hydrogen-bond acceptors (Lipinski definition) is 4. The lowest BCUT2D eigenvalue weighted by atomic mass is 10.2. The number of nitrogens with zero attached hydrogens (tertiary/aromatic N) is 2. The summed E-state index contributed by atoms with van der Waals surface area (Å²) in [7, 11) is 0. The third kappa shape index (κ3) is 3.42. The standard InChI is InChI=1S/C17H19N3OS/c1-22-15-6-4-5-14(12-15)19-17(21)13-7-8-18-16(11-13)20-9-2-3-10-20/h4-8,11-12H,2-3,9-10H2,1H3,(H,19,21). The molecule has 0 bridgehead atoms. The lowest BCUT2D eigenvalue weighted by molar-refractivity contribution is 0.102. The zero-order chi connectivity index (χ0) is 15.4. The van der Waals surface area contributed by atoms with E-state index in [1.54, 1.807) is 24.0 Å². The van der Waals surface area contributed by atoms with Gasteiger partial charge in [-0.25, -0.2) is 4.98 Å². The number of pyridine rings is 1. The maximum absolute atomic E-state index is 12.4. The normalized spacial score (nSPS) is 14.1. The van der Waals surface area contributed by atoms with E-state index in [1.807, 2.05) is 36.6 Å². The van der Waals surface area contributed by atoms with Crippen molar-refractivity contribution in [1.82, 2.24) is 4.98 Å². The number of amides is 1. The summed E-state index contributed by atoms with van der Waals surface area (Å²) in [6.45, 7) is 2.04. The van der Waals surface area contributed by atoms with E-state index >= 15 is 0 Å². The van der Waals surface area contributed by atoms with Crippen molar-refractivity contribution in [2.24, 2.45) is 0 Å². The predicted octanol–water partition coefficient (Wildman–Crippen LogP) is 3.66. The van der Waals surface area contributed by atoms with Crippen LogP contribution in [0.15, 0.2) is 47.5 Å². The molecule has 1 amide bonds. The van der Waals surface area contributed by atoms with Crippen LogP contribution in [0.25, 0.3) is 0 Å². The number of hydrogen-bond donors (Lipinski definition) is 1. The Labute approximate surface area is 134 Å². The Morgan fingerprint density at radius 2 is 2.05 bits per heavy atom. The highest BCUT2D eigenvalue weighted by atomic mass is 32.2. The Morgan fingerprint density at radius 3 is 2.82 bits per heavy atom. The van der Waals surface area contributed by atoms with Crippen LogP contribution < -0.4 is 10.2 Å². The number of carbonyl (C=O) groups excluding carboxylic acids is 1. The monoisotopic (exact) mass is 313 g/mol. The number of anilines is 2. The van der Waals surface area contributed by atoms with Crippen LogP contribution in [-0.4, -0.2) is 30.2 Å². The highest BCUT2D eigenvalue weighted by Gasteiger charge is 2.15. The van der Waals surface area contributed by atoms with Crippen molar-refractivity contribution in [1.29, 1.82) is 0 Å². The van der Waals surface area contributed by atoms with Gasteiger partial charge in [-0.1, -0.05) is 6.07 Å². The molecule has 2 aromatic rings. The van der Waals surface area contributed by atoms with Crippen LogP contribution in [-0.2, 0) is 0 Å². The molecule has 2 heterocycles. The topological polar surface area (TPSA) is 45.2 Å². The van der Waals surface area contributed by atoms with Gasteiger partial charge in [0.05, 0.1) is 0 Å². The SMILES string of the molecule is CSc1cccc(NC(=O)c2ccnc(N3CCCC3)c2)c1. The Balaban J connectivity index is 1.75. The molecule has 1 aliphatic rings. The van der Waals surface area contributed by atoms with Crippen LogP contribution in [0.2, 0.25) is 0 Å². The maximum Gasteiger partial charge on any atom is 0.255 e. The largest absolute Gasteiger partial charge is 0.357 e. The molecule has 3 rings (SSSR count). The van der Waals surface area contributed by atoms with Gasteiger partial charge in [-0.05, 0) is 49.4 Å². The van der Waals surface area contributed by atoms with E-state index in [-0.39, 0.29) is 5.91 Å². The Hall–Kier alpha value is -2.01. The molecule has 0 spiro atoms. The number of thioether (sulfide) groups is 1. The molecular weight excluding hydrogens is 294 g/mol. The molecule has 22 heavy (non-hydrogen) atoms. The summed E-state index contributed by atoms with van der Waals surface area (Å²) in [4.78, 5) is 20.2. The van der Waals surface area contributed by atoms with Gasteiger partial charge in [0.2, 0.25) is 0 Å². The molecule has 0 atom stereocenters. The Morgan fingerprint density at radius 1 is 1.23 bits per heavy atom. The van der Waals surface area contributed by atoms with Gasteiger partial charge in [0, 0.05) is 35.4 Å². The molecule has 0 unspecified atom stereocenters. The molecule has 0 radical (unpaired) electrons. The van der Waals surface area contributed by atoms with Crippen molar-refractivity contribution in [3.63, 3.8) is 0 Å². The van der Waals surface area contributed by atoms with Gasteiger partial charge in [0.15, 0.2) is 0 Å². The quantitative estimate of drug-likeness (QED) is 0.875. The minimum absolute atomic E-state index is 0.0962. The molecule has 1 fully saturated rings. The van der Waals surface area contributed by atoms with Gasteiger partial charge in [-0.15, -0.1) is 11.8 Å². The predicted molar refractivity (Wildman–Crippen MR) is 91.9 cm³/mol. The van der Waals surface area contributed by atoms with Crippen molar-refractivity contribution in [2.45, 2.75) is 17.7 Å². The maximum atomic E-state index is 12.4. The van der Waals surface area contributed by atoms with Gasteiger partial charge in [0.1, 0.15) is 5.82 Å². The molecule has 1 aromatic carbocycles. The van der Waals surface area contributed by atoms with Gasteiger partial charge in [-0.3, -0.25) is 4.79 Å². The van der Waals surface area contributed by atoms with Crippen LogP contribution in [0.4, 0.5) is 11.5 Å². The first-order valence-corrected chi connectivity index (χ1v) is 8.65. The summed E-state index contributed by atoms with van der Waals surface area (Å²) in [5.74, 6) is 0.795. The summed E-state index contributed by atoms with van der Waals surface area (Å²) in [6.07, 6.45) is 6.12. The van der Waals surface area contributed by atoms with E-state index in [0.717, 1.165) is 29.5 Å². The number of benzene rings is 1. The molecule has 1 saturated heterocycles. The summed E-state index contributed by atoms with van der Waals surface area (Å²) < 4.78 is 0. The first-order valence-electron chi connectivity index (χ1n) is 7.43. The van der Waals surface area contributed by atoms with Crippen molar-refractivity contribution < 1.29 is 4.79 Å². The number of rotatable bonds is 4. The lowest BCUT2D eigenvalue weighted by Gasteiger charge is -2.16. The van der Waals surface area contributed by atoms with Gasteiger partial charge >= 0.3 is 0 Å². The molecule has 1 aromatic heterocycles. The molecule has 0 aliphatic carbocycles. The molecule has 114 valence electrons. The molecule has 1 aliphatic heterocycles. The zero-order valence-electron chi connectivity index (χ0n) is 12.6. The van der Waals surface area contributed by atoms with E-state index in [2.05, 4.69) is 15.2 Å². The Kier molecular flexibility index (Phi) is 4.63. The lowest BCUT2D eigenvalue weighted by Crippen LogP contribution is -2.20. The van der Waals surface area contributed by atoms with Crippen LogP contribution in [0.1, 0.15) is 23.2 Å². The fraction of sp³-hybridized carbons (Fsp3) is 0.294. The minimum Gasteiger partial charge on any atom is -0.357 e. The van der Waals surface area contributed by atoms with Crippen molar-refractivity contribution in [3.05, 3.63) is 48.2 Å². The first-order chi connectivity index (χ1) is 10.8. The van der Waals surface area contributed by atoms with Gasteiger partial charge in [-0.2, -0.15) is 0 Å². The van der Waals surface area contributed by atoms with Crippen LogP contribution in [0, 0.1) is 0 Å². The number of nitrogens with one attached hydrogen (secondary N) is 1. The third-order valence-corrected chi connectivity index (χ3v) is 4.49. The molecule has 5 heteroatoms. The van der Waals surface area contributed by atoms with Crippen LogP contribution in [0.3, 0.4) is 0 Å². The average molecular weight is 313 g/mol. The minimum atomic E-state index is -0.0962. The average Bonchev–Trinajstić information content (AvgIpc) is 3.09. The zero-order valence-corrected chi connectivity index (χ0v) is 13.4. The van der Waals surface area contributed by atoms with Crippen molar-refractivity contribution >= 4 is 29.2 Å². The molecule has 4 nitrogen and oxygen atoms in total. The van der Waals surface area contributed by atoms with Crippen molar-refractivity contribution in [2.75, 3.05) is 29.6 Å². The summed E-state index contributed by atoms with van der Waals surface area (Å²) in [6, 6.07) is 11.5. The first kappa shape index (κ1) is 14.9. The highest BCUT2D eigenvalue weighted by molar-refractivity contribution is 7.98. The Bertz CT molecular complexity index is 668. The second-order valence-corrected chi connectivity index (χ2v) is 6.16. The van der Waals surface area contributed by atoms with E-state index in [9.17, 15) is 4.79 Å². The second-order valence-electron chi connectivity index (χ2n) is 5.28. The second kappa shape index (κ2) is 6.83. The fourth-order valence-electron chi connectivity index (χ4n) is 2.58. The van der Waals surface area contributed by atoms with E-state index in [1.165, 1.54) is 12.8 Å². The number of aromatic nitrogens is 1. The third-order valence-electron chi connectivity index (χ3n) is 3.77. The van der Waals surface area contributed by atoms with E-state index in [4.69, 9.17) is 0 Å². The summed E-state index contributed by atoms with van der Waals surface area (Å²) >= 11 is 1.66. The van der Waals surface area contributed by atoms with E-state index in [0.29, 0.717) is 5.56 Å². The smallest absolute Gasteiger partial charge is 0.255 e. The fourth-order valence-corrected chi connectivity index (χ4v) is 3.04. The number of carbonyl (C=O) groups is 1. The van der Waals surface area contributed by atoms with Crippen LogP contribution in [0.5, 0.6) is 0 Å². The summed E-state index contributed by atoms with van der Waals surface area (Å²) in [5.41, 5.74) is 1.46.